The van der Waals surface area contributed by atoms with E-state index < -0.39 is 28.2 Å². The molecule has 1 amide bonds. The van der Waals surface area contributed by atoms with Gasteiger partial charge in [0.2, 0.25) is 0 Å². The van der Waals surface area contributed by atoms with Crippen LogP contribution in [0.2, 0.25) is 0 Å². The molecule has 3 rings (SSSR count). The molecule has 1 aliphatic rings. The molecule has 1 aliphatic carbocycles. The Morgan fingerprint density at radius 3 is 2.26 bits per heavy atom. The average Bonchev–Trinajstić information content (AvgIpc) is 3.19. The highest BCUT2D eigenvalue weighted by Crippen LogP contribution is 2.64. The molecule has 5 nitrogen and oxygen atoms in total. The number of esters is 1. The van der Waals surface area contributed by atoms with Crippen molar-refractivity contribution < 1.29 is 19.1 Å². The first-order valence-electron chi connectivity index (χ1n) is 8.28. The highest BCUT2D eigenvalue weighted by atomic mass is 35.5. The summed E-state index contributed by atoms with van der Waals surface area (Å²) in [6.45, 7) is 1.09. The van der Waals surface area contributed by atoms with Crippen molar-refractivity contribution in [2.45, 2.75) is 17.7 Å². The minimum Gasteiger partial charge on any atom is -0.455 e. The van der Waals surface area contributed by atoms with Gasteiger partial charge in [-0.25, -0.2) is 0 Å². The molecule has 0 unspecified atom stereocenters. The second kappa shape index (κ2) is 7.33. The third kappa shape index (κ3) is 3.99. The molecular weight excluding hydrogens is 389 g/mol. The van der Waals surface area contributed by atoms with Crippen molar-refractivity contribution in [3.05, 3.63) is 65.7 Å². The predicted octanol–water partition coefficient (Wildman–Crippen LogP) is 3.98. The van der Waals surface area contributed by atoms with E-state index in [1.807, 2.05) is 6.07 Å². The summed E-state index contributed by atoms with van der Waals surface area (Å²) < 4.78 is 3.86. The minimum atomic E-state index is -1.16. The lowest BCUT2D eigenvalue weighted by atomic mass is 10.0. The number of nitrogens with one attached hydrogen (secondary N) is 1. The summed E-state index contributed by atoms with van der Waals surface area (Å²) in [7, 11) is 0. The van der Waals surface area contributed by atoms with Crippen LogP contribution in [0.4, 0.5) is 5.69 Å². The Labute approximate surface area is 166 Å². The van der Waals surface area contributed by atoms with Crippen LogP contribution in [-0.2, 0) is 14.3 Å². The molecule has 0 radical (unpaired) electrons. The first-order valence-corrected chi connectivity index (χ1v) is 9.04. The van der Waals surface area contributed by atoms with Crippen LogP contribution < -0.4 is 5.32 Å². The maximum Gasteiger partial charge on any atom is 0.315 e. The Hall–Kier alpha value is -2.37. The molecule has 1 saturated carbocycles. The fourth-order valence-corrected chi connectivity index (χ4v) is 3.32. The number of alkyl halides is 2. The van der Waals surface area contributed by atoms with Crippen molar-refractivity contribution in [2.75, 3.05) is 11.9 Å². The maximum absolute atomic E-state index is 12.7. The molecule has 1 atom stereocenters. The fraction of sp³-hybridized carbons (Fsp3) is 0.250. The van der Waals surface area contributed by atoms with Crippen LogP contribution >= 0.6 is 23.2 Å². The number of hydrogen-bond acceptors (Lipinski definition) is 4. The first kappa shape index (κ1) is 19.4. The van der Waals surface area contributed by atoms with Crippen LogP contribution in [-0.4, -0.2) is 28.6 Å². The Balaban J connectivity index is 1.65. The number of halogens is 2. The van der Waals surface area contributed by atoms with E-state index in [9.17, 15) is 14.4 Å². The topological polar surface area (TPSA) is 72.5 Å². The van der Waals surface area contributed by atoms with Crippen LogP contribution in [0.5, 0.6) is 0 Å². The average molecular weight is 406 g/mol. The largest absolute Gasteiger partial charge is 0.455 e. The number of carbonyl (C=O) groups excluding carboxylic acids is 3. The fourth-order valence-electron chi connectivity index (χ4n) is 2.63. The molecule has 1 fully saturated rings. The van der Waals surface area contributed by atoms with Gasteiger partial charge in [-0.15, -0.1) is 23.2 Å². The highest BCUT2D eigenvalue weighted by Gasteiger charge is 2.69. The minimum absolute atomic E-state index is 0.219. The zero-order valence-electron chi connectivity index (χ0n) is 14.5. The van der Waals surface area contributed by atoms with Gasteiger partial charge in [-0.3, -0.25) is 14.4 Å². The van der Waals surface area contributed by atoms with Gasteiger partial charge in [0.1, 0.15) is 9.75 Å². The molecule has 140 valence electrons. The van der Waals surface area contributed by atoms with Crippen LogP contribution in [0.25, 0.3) is 0 Å². The summed E-state index contributed by atoms with van der Waals surface area (Å²) in [6, 6.07) is 15.4. The first-order chi connectivity index (χ1) is 12.7. The van der Waals surface area contributed by atoms with Crippen LogP contribution in [0.15, 0.2) is 54.6 Å². The van der Waals surface area contributed by atoms with Crippen molar-refractivity contribution in [1.29, 1.82) is 0 Å². The summed E-state index contributed by atoms with van der Waals surface area (Å²) in [6.07, 6.45) is 0.276. The van der Waals surface area contributed by atoms with E-state index >= 15 is 0 Å². The molecule has 0 heterocycles. The van der Waals surface area contributed by atoms with Crippen LogP contribution in [0, 0.1) is 5.41 Å². The standard InChI is InChI=1S/C20H17Cl2NO4/c1-19(12-20(19,21)22)18(26)27-11-16(24)23-15-10-6-5-9-14(15)17(25)13-7-3-2-4-8-13/h2-10H,11-12H2,1H3,(H,23,24)/t19-/m0/s1. The molecule has 0 aliphatic heterocycles. The molecule has 27 heavy (non-hydrogen) atoms. The molecule has 2 aromatic carbocycles. The van der Waals surface area contributed by atoms with Gasteiger partial charge in [0.05, 0.1) is 5.69 Å². The van der Waals surface area contributed by atoms with Gasteiger partial charge in [0.25, 0.3) is 5.91 Å². The number of para-hydroxylation sites is 1. The lowest BCUT2D eigenvalue weighted by Gasteiger charge is -2.13. The molecule has 2 aromatic rings. The Morgan fingerprint density at radius 1 is 1.04 bits per heavy atom. The maximum atomic E-state index is 12.7. The second-order valence-corrected chi connectivity index (χ2v) is 8.06. The van der Waals surface area contributed by atoms with Crippen molar-refractivity contribution in [1.82, 2.24) is 0 Å². The summed E-state index contributed by atoms with van der Waals surface area (Å²) in [5.74, 6) is -1.41. The SMILES string of the molecule is C[C@@]1(C(=O)OCC(=O)Nc2ccccc2C(=O)c2ccccc2)CC1(Cl)Cl. The summed E-state index contributed by atoms with van der Waals surface area (Å²) in [4.78, 5) is 36.9. The van der Waals surface area contributed by atoms with Crippen molar-refractivity contribution in [2.24, 2.45) is 5.41 Å². The summed E-state index contributed by atoms with van der Waals surface area (Å²) in [5, 5.41) is 2.61. The van der Waals surface area contributed by atoms with Gasteiger partial charge in [0.15, 0.2) is 12.4 Å². The van der Waals surface area contributed by atoms with Gasteiger partial charge >= 0.3 is 5.97 Å². The normalized spacial score (nSPS) is 19.8. The molecule has 7 heteroatoms. The summed E-state index contributed by atoms with van der Waals surface area (Å²) >= 11 is 11.9. The van der Waals surface area contributed by atoms with Gasteiger partial charge < -0.3 is 10.1 Å². The van der Waals surface area contributed by atoms with Crippen molar-refractivity contribution in [3.63, 3.8) is 0 Å². The van der Waals surface area contributed by atoms with E-state index in [0.29, 0.717) is 16.8 Å². The van der Waals surface area contributed by atoms with Gasteiger partial charge in [0, 0.05) is 17.5 Å². The number of anilines is 1. The quantitative estimate of drug-likeness (QED) is 0.448. The van der Waals surface area contributed by atoms with Crippen LogP contribution in [0.3, 0.4) is 0 Å². The van der Waals surface area contributed by atoms with E-state index in [1.54, 1.807) is 55.5 Å². The van der Waals surface area contributed by atoms with Gasteiger partial charge in [-0.05, 0) is 19.1 Å². The Bertz CT molecular complexity index is 898. The zero-order valence-corrected chi connectivity index (χ0v) is 16.0. The molecule has 0 saturated heterocycles. The number of rotatable bonds is 6. The molecular formula is C20H17Cl2NO4. The number of hydrogen-bond donors (Lipinski definition) is 1. The van der Waals surface area contributed by atoms with Gasteiger partial charge in [-0.1, -0.05) is 42.5 Å². The van der Waals surface area contributed by atoms with E-state index in [0.717, 1.165) is 0 Å². The third-order valence-electron chi connectivity index (χ3n) is 4.52. The molecule has 1 N–H and O–H groups in total. The molecule has 0 bridgehead atoms. The second-order valence-electron chi connectivity index (χ2n) is 6.58. The predicted molar refractivity (Wildman–Crippen MR) is 103 cm³/mol. The highest BCUT2D eigenvalue weighted by molar-refractivity contribution is 6.53. The Kier molecular flexibility index (Phi) is 5.27. The Morgan fingerprint density at radius 2 is 1.63 bits per heavy atom. The number of benzene rings is 2. The zero-order chi connectivity index (χ0) is 19.7. The van der Waals surface area contributed by atoms with E-state index in [2.05, 4.69) is 5.32 Å². The van der Waals surface area contributed by atoms with Crippen molar-refractivity contribution >= 4 is 46.5 Å². The molecule has 0 aromatic heterocycles. The third-order valence-corrected chi connectivity index (χ3v) is 5.63. The smallest absolute Gasteiger partial charge is 0.315 e. The van der Waals surface area contributed by atoms with Crippen LogP contribution in [0.1, 0.15) is 29.3 Å². The lowest BCUT2D eigenvalue weighted by Crippen LogP contribution is -2.27. The number of ketones is 1. The van der Waals surface area contributed by atoms with Crippen molar-refractivity contribution in [3.8, 4) is 0 Å². The van der Waals surface area contributed by atoms with Gasteiger partial charge in [-0.2, -0.15) is 0 Å². The van der Waals surface area contributed by atoms with E-state index in [1.165, 1.54) is 0 Å². The lowest BCUT2D eigenvalue weighted by molar-refractivity contribution is -0.152. The molecule has 0 spiro atoms. The number of carbonyl (C=O) groups is 3. The summed E-state index contributed by atoms with van der Waals surface area (Å²) in [5.41, 5.74) is 0.192. The number of amides is 1. The van der Waals surface area contributed by atoms with E-state index in [4.69, 9.17) is 27.9 Å². The monoisotopic (exact) mass is 405 g/mol. The number of ether oxygens (including phenoxy) is 1. The van der Waals surface area contributed by atoms with E-state index in [-0.39, 0.29) is 12.2 Å².